The second-order valence-electron chi connectivity index (χ2n) is 6.09. The quantitative estimate of drug-likeness (QED) is 0.563. The summed E-state index contributed by atoms with van der Waals surface area (Å²) in [5.74, 6) is 0.211. The van der Waals surface area contributed by atoms with Crippen molar-refractivity contribution < 1.29 is 14.6 Å². The van der Waals surface area contributed by atoms with Gasteiger partial charge in [-0.05, 0) is 57.0 Å². The Morgan fingerprint density at radius 2 is 1.79 bits per heavy atom. The summed E-state index contributed by atoms with van der Waals surface area (Å²) in [4.78, 5) is 13.0. The van der Waals surface area contributed by atoms with Crippen molar-refractivity contribution in [2.45, 2.75) is 58.4 Å². The lowest BCUT2D eigenvalue weighted by molar-refractivity contribution is -0.137. The molecular weight excluding hydrogens is 326 g/mol. The molecule has 0 saturated heterocycles. The smallest absolute Gasteiger partial charge is 0.303 e. The highest BCUT2D eigenvalue weighted by molar-refractivity contribution is 5.85. The lowest BCUT2D eigenvalue weighted by atomic mass is 10.0. The zero-order valence-corrected chi connectivity index (χ0v) is 16.0. The highest BCUT2D eigenvalue weighted by Crippen LogP contribution is 2.15. The SMILES string of the molecule is CCN(CCCCCCC(=O)O)C(C)Cc1ccc(OC)cc1.Cl. The van der Waals surface area contributed by atoms with Gasteiger partial charge in [0.25, 0.3) is 0 Å². The zero-order chi connectivity index (χ0) is 17.1. The number of carbonyl (C=O) groups is 1. The van der Waals surface area contributed by atoms with Crippen molar-refractivity contribution in [3.63, 3.8) is 0 Å². The molecule has 0 amide bonds. The Bertz CT molecular complexity index is 450. The maximum Gasteiger partial charge on any atom is 0.303 e. The predicted molar refractivity (Wildman–Crippen MR) is 101 cm³/mol. The minimum atomic E-state index is -0.687. The molecule has 0 radical (unpaired) electrons. The normalized spacial score (nSPS) is 11.8. The third-order valence-electron chi connectivity index (χ3n) is 4.31. The number of methoxy groups -OCH3 is 1. The van der Waals surface area contributed by atoms with Crippen molar-refractivity contribution in [2.24, 2.45) is 0 Å². The second kappa shape index (κ2) is 13.1. The summed E-state index contributed by atoms with van der Waals surface area (Å²) in [5, 5.41) is 8.63. The van der Waals surface area contributed by atoms with Crippen LogP contribution in [-0.2, 0) is 11.2 Å². The van der Waals surface area contributed by atoms with Gasteiger partial charge < -0.3 is 14.7 Å². The first-order valence-corrected chi connectivity index (χ1v) is 8.65. The standard InChI is InChI=1S/C19H31NO3.ClH/c1-4-20(14-8-6-5-7-9-19(21)22)16(2)15-17-10-12-18(23-3)13-11-17;/h10-13,16H,4-9,14-15H2,1-3H3,(H,21,22);1H. The van der Waals surface area contributed by atoms with Crippen molar-refractivity contribution in [1.29, 1.82) is 0 Å². The van der Waals surface area contributed by atoms with E-state index in [2.05, 4.69) is 30.9 Å². The molecule has 0 spiro atoms. The van der Waals surface area contributed by atoms with E-state index in [0.29, 0.717) is 12.5 Å². The Balaban J connectivity index is 0.00000529. The molecule has 0 aromatic heterocycles. The average Bonchev–Trinajstić information content (AvgIpc) is 2.54. The number of ether oxygens (including phenoxy) is 1. The monoisotopic (exact) mass is 357 g/mol. The summed E-state index contributed by atoms with van der Waals surface area (Å²) >= 11 is 0. The Morgan fingerprint density at radius 1 is 1.17 bits per heavy atom. The summed E-state index contributed by atoms with van der Waals surface area (Å²) in [7, 11) is 1.69. The number of carboxylic acids is 1. The number of unbranched alkanes of at least 4 members (excludes halogenated alkanes) is 3. The fraction of sp³-hybridized carbons (Fsp3) is 0.632. The second-order valence-corrected chi connectivity index (χ2v) is 6.09. The molecule has 0 saturated carbocycles. The molecule has 5 heteroatoms. The van der Waals surface area contributed by atoms with Crippen LogP contribution >= 0.6 is 12.4 Å². The van der Waals surface area contributed by atoms with Crippen LogP contribution in [0.3, 0.4) is 0 Å². The number of benzene rings is 1. The fourth-order valence-corrected chi connectivity index (χ4v) is 2.87. The van der Waals surface area contributed by atoms with Gasteiger partial charge in [0.15, 0.2) is 0 Å². The van der Waals surface area contributed by atoms with E-state index in [4.69, 9.17) is 9.84 Å². The highest BCUT2D eigenvalue weighted by Gasteiger charge is 2.12. The van der Waals surface area contributed by atoms with Crippen LogP contribution in [0.1, 0.15) is 51.5 Å². The summed E-state index contributed by atoms with van der Waals surface area (Å²) < 4.78 is 5.20. The third kappa shape index (κ3) is 9.14. The molecule has 0 aliphatic heterocycles. The van der Waals surface area contributed by atoms with Crippen LogP contribution in [0.4, 0.5) is 0 Å². The summed E-state index contributed by atoms with van der Waals surface area (Å²) in [6, 6.07) is 8.80. The van der Waals surface area contributed by atoms with Gasteiger partial charge in [0, 0.05) is 12.5 Å². The molecule has 1 atom stereocenters. The van der Waals surface area contributed by atoms with Gasteiger partial charge in [-0.3, -0.25) is 4.79 Å². The topological polar surface area (TPSA) is 49.8 Å². The Labute approximate surface area is 152 Å². The highest BCUT2D eigenvalue weighted by atomic mass is 35.5. The molecule has 1 N–H and O–H groups in total. The van der Waals surface area contributed by atoms with E-state index in [1.54, 1.807) is 7.11 Å². The molecule has 0 bridgehead atoms. The lowest BCUT2D eigenvalue weighted by Crippen LogP contribution is -2.35. The number of rotatable bonds is 12. The molecule has 0 aliphatic rings. The minimum absolute atomic E-state index is 0. The average molecular weight is 358 g/mol. The molecular formula is C19H32ClNO3. The first kappa shape index (κ1) is 22.7. The zero-order valence-electron chi connectivity index (χ0n) is 15.2. The molecule has 1 rings (SSSR count). The van der Waals surface area contributed by atoms with Gasteiger partial charge in [-0.15, -0.1) is 12.4 Å². The molecule has 1 unspecified atom stereocenters. The van der Waals surface area contributed by atoms with Crippen molar-refractivity contribution in [1.82, 2.24) is 4.90 Å². The first-order valence-electron chi connectivity index (χ1n) is 8.65. The Hall–Kier alpha value is -1.26. The number of hydrogen-bond acceptors (Lipinski definition) is 3. The molecule has 24 heavy (non-hydrogen) atoms. The largest absolute Gasteiger partial charge is 0.497 e. The van der Waals surface area contributed by atoms with Crippen LogP contribution in [0, 0.1) is 0 Å². The molecule has 4 nitrogen and oxygen atoms in total. The van der Waals surface area contributed by atoms with E-state index >= 15 is 0 Å². The summed E-state index contributed by atoms with van der Waals surface area (Å²) in [6.07, 6.45) is 5.39. The number of nitrogens with zero attached hydrogens (tertiary/aromatic N) is 1. The van der Waals surface area contributed by atoms with E-state index < -0.39 is 5.97 Å². The van der Waals surface area contributed by atoms with Crippen LogP contribution in [0.15, 0.2) is 24.3 Å². The van der Waals surface area contributed by atoms with Crippen LogP contribution in [0.2, 0.25) is 0 Å². The number of hydrogen-bond donors (Lipinski definition) is 1. The molecule has 1 aromatic carbocycles. The predicted octanol–water partition coefficient (Wildman–Crippen LogP) is 4.41. The van der Waals surface area contributed by atoms with E-state index in [0.717, 1.165) is 50.9 Å². The maximum atomic E-state index is 10.5. The summed E-state index contributed by atoms with van der Waals surface area (Å²) in [5.41, 5.74) is 1.33. The van der Waals surface area contributed by atoms with Gasteiger partial charge >= 0.3 is 5.97 Å². The first-order chi connectivity index (χ1) is 11.1. The van der Waals surface area contributed by atoms with Gasteiger partial charge in [-0.1, -0.05) is 31.9 Å². The van der Waals surface area contributed by atoms with Crippen LogP contribution in [0.5, 0.6) is 5.75 Å². The van der Waals surface area contributed by atoms with E-state index in [9.17, 15) is 4.79 Å². The number of aliphatic carboxylic acids is 1. The lowest BCUT2D eigenvalue weighted by Gasteiger charge is -2.28. The van der Waals surface area contributed by atoms with Crippen molar-refractivity contribution in [3.05, 3.63) is 29.8 Å². The minimum Gasteiger partial charge on any atom is -0.497 e. The Morgan fingerprint density at radius 3 is 2.33 bits per heavy atom. The van der Waals surface area contributed by atoms with E-state index in [1.165, 1.54) is 5.56 Å². The van der Waals surface area contributed by atoms with E-state index in [1.807, 2.05) is 12.1 Å². The molecule has 0 aliphatic carbocycles. The number of halogens is 1. The van der Waals surface area contributed by atoms with Gasteiger partial charge in [0.1, 0.15) is 5.75 Å². The van der Waals surface area contributed by atoms with Gasteiger partial charge in [-0.2, -0.15) is 0 Å². The van der Waals surface area contributed by atoms with Crippen LogP contribution < -0.4 is 4.74 Å². The van der Waals surface area contributed by atoms with E-state index in [-0.39, 0.29) is 12.4 Å². The van der Waals surface area contributed by atoms with Crippen LogP contribution in [-0.4, -0.2) is 42.2 Å². The third-order valence-corrected chi connectivity index (χ3v) is 4.31. The van der Waals surface area contributed by atoms with Crippen molar-refractivity contribution >= 4 is 18.4 Å². The fourth-order valence-electron chi connectivity index (χ4n) is 2.87. The van der Waals surface area contributed by atoms with Crippen LogP contribution in [0.25, 0.3) is 0 Å². The van der Waals surface area contributed by atoms with Gasteiger partial charge in [0.05, 0.1) is 7.11 Å². The van der Waals surface area contributed by atoms with Crippen molar-refractivity contribution in [3.8, 4) is 5.75 Å². The van der Waals surface area contributed by atoms with Crippen molar-refractivity contribution in [2.75, 3.05) is 20.2 Å². The Kier molecular flexibility index (Phi) is 12.4. The number of likely N-dealkylation sites (N-methyl/N-ethyl adjacent to an activating group) is 1. The maximum absolute atomic E-state index is 10.5. The van der Waals surface area contributed by atoms with Gasteiger partial charge in [-0.25, -0.2) is 0 Å². The molecule has 138 valence electrons. The number of carboxylic acid groups (broad SMARTS) is 1. The van der Waals surface area contributed by atoms with Gasteiger partial charge in [0.2, 0.25) is 0 Å². The molecule has 0 fully saturated rings. The molecule has 1 aromatic rings. The summed E-state index contributed by atoms with van der Waals surface area (Å²) in [6.45, 7) is 6.61. The molecule has 0 heterocycles.